The van der Waals surface area contributed by atoms with Crippen LogP contribution < -0.4 is 9.64 Å². The first kappa shape index (κ1) is 14.4. The molecule has 22 heavy (non-hydrogen) atoms. The fourth-order valence-corrected chi connectivity index (χ4v) is 3.01. The zero-order chi connectivity index (χ0) is 15.5. The highest BCUT2D eigenvalue weighted by molar-refractivity contribution is 5.91. The van der Waals surface area contributed by atoms with Gasteiger partial charge in [0.1, 0.15) is 11.3 Å². The van der Waals surface area contributed by atoms with Crippen molar-refractivity contribution in [3.8, 4) is 5.75 Å². The molecule has 0 unspecified atom stereocenters. The second kappa shape index (κ2) is 6.10. The molecule has 114 valence electrons. The fraction of sp³-hybridized carbons (Fsp3) is 0.278. The number of carboxylic acid groups (broad SMARTS) is 1. The Balaban J connectivity index is 1.87. The molecule has 1 heterocycles. The molecular weight excluding hydrogens is 278 g/mol. The topological polar surface area (TPSA) is 49.8 Å². The van der Waals surface area contributed by atoms with Crippen LogP contribution in [0, 0.1) is 0 Å². The molecule has 0 fully saturated rings. The number of ether oxygens (including phenoxy) is 1. The van der Waals surface area contributed by atoms with Crippen LogP contribution >= 0.6 is 0 Å². The molecule has 2 aromatic carbocycles. The molecule has 0 atom stereocenters. The van der Waals surface area contributed by atoms with Crippen LogP contribution in [0.2, 0.25) is 0 Å². The molecule has 0 bridgehead atoms. The summed E-state index contributed by atoms with van der Waals surface area (Å²) in [6.45, 7) is 1.77. The second-order valence-corrected chi connectivity index (χ2v) is 5.49. The maximum absolute atomic E-state index is 11.2. The van der Waals surface area contributed by atoms with E-state index < -0.39 is 5.97 Å². The first-order valence-electron chi connectivity index (χ1n) is 7.42. The van der Waals surface area contributed by atoms with Crippen molar-refractivity contribution in [3.05, 3.63) is 59.2 Å². The number of carbonyl (C=O) groups is 1. The lowest BCUT2D eigenvalue weighted by Gasteiger charge is -2.31. The van der Waals surface area contributed by atoms with Crippen molar-refractivity contribution in [3.63, 3.8) is 0 Å². The van der Waals surface area contributed by atoms with Crippen LogP contribution in [0.1, 0.15) is 27.9 Å². The highest BCUT2D eigenvalue weighted by Gasteiger charge is 2.17. The van der Waals surface area contributed by atoms with E-state index >= 15 is 0 Å². The Bertz CT molecular complexity index is 696. The molecule has 3 rings (SSSR count). The SMILES string of the molecule is COc1cc(CN2CCCc3ccccc32)ccc1C(=O)O. The quantitative estimate of drug-likeness (QED) is 0.940. The predicted molar refractivity (Wildman–Crippen MR) is 85.8 cm³/mol. The van der Waals surface area contributed by atoms with Crippen LogP contribution in [0.5, 0.6) is 5.75 Å². The van der Waals surface area contributed by atoms with Gasteiger partial charge in [-0.1, -0.05) is 24.3 Å². The fourth-order valence-electron chi connectivity index (χ4n) is 3.01. The minimum absolute atomic E-state index is 0.199. The van der Waals surface area contributed by atoms with Gasteiger partial charge < -0.3 is 14.7 Å². The van der Waals surface area contributed by atoms with Crippen molar-refractivity contribution in [2.24, 2.45) is 0 Å². The van der Waals surface area contributed by atoms with Gasteiger partial charge in [-0.3, -0.25) is 0 Å². The number of aromatic carboxylic acids is 1. The van der Waals surface area contributed by atoms with Crippen LogP contribution in [0.3, 0.4) is 0 Å². The summed E-state index contributed by atoms with van der Waals surface area (Å²) in [7, 11) is 1.50. The molecule has 0 radical (unpaired) electrons. The van der Waals surface area contributed by atoms with E-state index in [1.54, 1.807) is 6.07 Å². The molecule has 1 N–H and O–H groups in total. The van der Waals surface area contributed by atoms with Crippen molar-refractivity contribution < 1.29 is 14.6 Å². The Morgan fingerprint density at radius 2 is 2.09 bits per heavy atom. The third-order valence-electron chi connectivity index (χ3n) is 4.08. The molecule has 0 aromatic heterocycles. The first-order chi connectivity index (χ1) is 10.7. The zero-order valence-corrected chi connectivity index (χ0v) is 12.6. The lowest BCUT2D eigenvalue weighted by atomic mass is 10.0. The number of para-hydroxylation sites is 1. The highest BCUT2D eigenvalue weighted by Crippen LogP contribution is 2.29. The molecule has 0 aliphatic carbocycles. The predicted octanol–water partition coefficient (Wildman–Crippen LogP) is 3.35. The van der Waals surface area contributed by atoms with Gasteiger partial charge in [-0.15, -0.1) is 0 Å². The number of hydrogen-bond donors (Lipinski definition) is 1. The van der Waals surface area contributed by atoms with Gasteiger partial charge in [0.25, 0.3) is 0 Å². The van der Waals surface area contributed by atoms with Crippen LogP contribution in [0.4, 0.5) is 5.69 Å². The number of methoxy groups -OCH3 is 1. The lowest BCUT2D eigenvalue weighted by molar-refractivity contribution is 0.0693. The van der Waals surface area contributed by atoms with Gasteiger partial charge in [0.2, 0.25) is 0 Å². The molecular formula is C18H19NO3. The molecule has 0 amide bonds. The van der Waals surface area contributed by atoms with Gasteiger partial charge in [0, 0.05) is 18.8 Å². The molecule has 1 aliphatic rings. The van der Waals surface area contributed by atoms with Crippen molar-refractivity contribution in [2.45, 2.75) is 19.4 Å². The lowest BCUT2D eigenvalue weighted by Crippen LogP contribution is -2.28. The van der Waals surface area contributed by atoms with Crippen LogP contribution in [0.25, 0.3) is 0 Å². The zero-order valence-electron chi connectivity index (χ0n) is 12.6. The summed E-state index contributed by atoms with van der Waals surface area (Å²) in [6, 6.07) is 13.8. The van der Waals surface area contributed by atoms with E-state index in [4.69, 9.17) is 9.84 Å². The standard InChI is InChI=1S/C18H19NO3/c1-22-17-11-13(8-9-15(17)18(20)21)12-19-10-4-6-14-5-2-3-7-16(14)19/h2-3,5,7-9,11H,4,6,10,12H2,1H3,(H,20,21). The molecule has 0 spiro atoms. The summed E-state index contributed by atoms with van der Waals surface area (Å²) < 4.78 is 5.21. The average molecular weight is 297 g/mol. The van der Waals surface area contributed by atoms with E-state index in [1.807, 2.05) is 12.1 Å². The minimum atomic E-state index is -0.966. The second-order valence-electron chi connectivity index (χ2n) is 5.49. The van der Waals surface area contributed by atoms with Crippen molar-refractivity contribution in [1.29, 1.82) is 0 Å². The third-order valence-corrected chi connectivity index (χ3v) is 4.08. The molecule has 4 nitrogen and oxygen atoms in total. The number of rotatable bonds is 4. The molecule has 0 saturated heterocycles. The number of aryl methyl sites for hydroxylation is 1. The molecule has 4 heteroatoms. The molecule has 2 aromatic rings. The van der Waals surface area contributed by atoms with Gasteiger partial charge in [0.15, 0.2) is 0 Å². The van der Waals surface area contributed by atoms with Gasteiger partial charge in [-0.2, -0.15) is 0 Å². The first-order valence-corrected chi connectivity index (χ1v) is 7.42. The summed E-state index contributed by atoms with van der Waals surface area (Å²) >= 11 is 0. The number of carboxylic acids is 1. The van der Waals surface area contributed by atoms with E-state index in [0.29, 0.717) is 5.75 Å². The maximum Gasteiger partial charge on any atom is 0.339 e. The van der Waals surface area contributed by atoms with Crippen molar-refractivity contribution in [1.82, 2.24) is 0 Å². The van der Waals surface area contributed by atoms with E-state index in [0.717, 1.165) is 31.5 Å². The van der Waals surface area contributed by atoms with Crippen LogP contribution in [0.15, 0.2) is 42.5 Å². The van der Waals surface area contributed by atoms with Crippen LogP contribution in [-0.2, 0) is 13.0 Å². The number of nitrogens with zero attached hydrogens (tertiary/aromatic N) is 1. The highest BCUT2D eigenvalue weighted by atomic mass is 16.5. The summed E-state index contributed by atoms with van der Waals surface area (Å²) in [4.78, 5) is 13.5. The van der Waals surface area contributed by atoms with E-state index in [2.05, 4.69) is 29.2 Å². The van der Waals surface area contributed by atoms with E-state index in [1.165, 1.54) is 18.4 Å². The van der Waals surface area contributed by atoms with Crippen molar-refractivity contribution in [2.75, 3.05) is 18.6 Å². The van der Waals surface area contributed by atoms with Gasteiger partial charge in [0.05, 0.1) is 7.11 Å². The Morgan fingerprint density at radius 3 is 2.86 bits per heavy atom. The monoisotopic (exact) mass is 297 g/mol. The third kappa shape index (κ3) is 2.77. The number of hydrogen-bond acceptors (Lipinski definition) is 3. The summed E-state index contributed by atoms with van der Waals surface area (Å²) in [5.41, 5.74) is 3.90. The van der Waals surface area contributed by atoms with Gasteiger partial charge >= 0.3 is 5.97 Å². The van der Waals surface area contributed by atoms with Gasteiger partial charge in [-0.25, -0.2) is 4.79 Å². The van der Waals surface area contributed by atoms with Crippen molar-refractivity contribution >= 4 is 11.7 Å². The Kier molecular flexibility index (Phi) is 4.00. The number of anilines is 1. The normalized spacial score (nSPS) is 13.6. The number of benzene rings is 2. The maximum atomic E-state index is 11.2. The summed E-state index contributed by atoms with van der Waals surface area (Å²) in [5, 5.41) is 9.15. The number of fused-ring (bicyclic) bond motifs is 1. The smallest absolute Gasteiger partial charge is 0.339 e. The average Bonchev–Trinajstić information content (AvgIpc) is 2.55. The minimum Gasteiger partial charge on any atom is -0.496 e. The molecule has 0 saturated carbocycles. The van der Waals surface area contributed by atoms with Crippen LogP contribution in [-0.4, -0.2) is 24.7 Å². The summed E-state index contributed by atoms with van der Waals surface area (Å²) in [5.74, 6) is -0.554. The Labute approximate surface area is 130 Å². The van der Waals surface area contributed by atoms with E-state index in [-0.39, 0.29) is 5.56 Å². The largest absolute Gasteiger partial charge is 0.496 e. The molecule has 1 aliphatic heterocycles. The summed E-state index contributed by atoms with van der Waals surface area (Å²) in [6.07, 6.45) is 2.26. The van der Waals surface area contributed by atoms with E-state index in [9.17, 15) is 4.79 Å². The Hall–Kier alpha value is -2.49. The Morgan fingerprint density at radius 1 is 1.27 bits per heavy atom. The van der Waals surface area contributed by atoms with Gasteiger partial charge in [-0.05, 0) is 42.2 Å².